The summed E-state index contributed by atoms with van der Waals surface area (Å²) in [7, 11) is 0. The molecule has 2 rings (SSSR count). The third kappa shape index (κ3) is 3.26. The first kappa shape index (κ1) is 13.0. The van der Waals surface area contributed by atoms with Gasteiger partial charge in [0, 0.05) is 17.5 Å². The fourth-order valence-corrected chi connectivity index (χ4v) is 3.05. The van der Waals surface area contributed by atoms with Crippen molar-refractivity contribution in [3.05, 3.63) is 49.0 Å². The molecule has 1 N–H and O–H groups in total. The molecule has 0 radical (unpaired) electrons. The van der Waals surface area contributed by atoms with Crippen LogP contribution in [-0.4, -0.2) is 0 Å². The largest absolute Gasteiger partial charge is 0.378 e. The first-order valence-corrected chi connectivity index (χ1v) is 7.09. The smallest absolute Gasteiger partial charge is 0.149 e. The van der Waals surface area contributed by atoms with Crippen LogP contribution < -0.4 is 5.32 Å². The van der Waals surface area contributed by atoms with Gasteiger partial charge in [-0.1, -0.05) is 0 Å². The summed E-state index contributed by atoms with van der Waals surface area (Å²) in [5, 5.41) is 2.93. The zero-order valence-corrected chi connectivity index (χ0v) is 12.4. The maximum atomic E-state index is 13.4. The van der Waals surface area contributed by atoms with Crippen molar-refractivity contribution in [2.75, 3.05) is 5.32 Å². The maximum Gasteiger partial charge on any atom is 0.149 e. The lowest BCUT2D eigenvalue weighted by molar-refractivity contribution is 0.580. The van der Waals surface area contributed by atoms with E-state index in [1.54, 1.807) is 11.3 Å². The van der Waals surface area contributed by atoms with Gasteiger partial charge in [0.1, 0.15) is 11.6 Å². The lowest BCUT2D eigenvalue weighted by atomic mass is 10.3. The maximum absolute atomic E-state index is 13.4. The highest BCUT2D eigenvalue weighted by Gasteiger charge is 2.08. The highest BCUT2D eigenvalue weighted by atomic mass is 79.9. The molecule has 1 aromatic carbocycles. The van der Waals surface area contributed by atoms with Crippen molar-refractivity contribution in [1.29, 1.82) is 0 Å². The van der Waals surface area contributed by atoms with Crippen molar-refractivity contribution < 1.29 is 8.78 Å². The molecule has 0 amide bonds. The van der Waals surface area contributed by atoms with Gasteiger partial charge in [0.2, 0.25) is 0 Å². The number of benzene rings is 1. The van der Waals surface area contributed by atoms with Crippen LogP contribution >= 0.6 is 43.2 Å². The number of thiophene rings is 1. The van der Waals surface area contributed by atoms with Gasteiger partial charge >= 0.3 is 0 Å². The Labute approximate surface area is 118 Å². The lowest BCUT2D eigenvalue weighted by Crippen LogP contribution is -2.00. The summed E-state index contributed by atoms with van der Waals surface area (Å²) in [5.74, 6) is -1.20. The minimum atomic E-state index is -0.605. The summed E-state index contributed by atoms with van der Waals surface area (Å²) in [6.45, 7) is 0.505. The van der Waals surface area contributed by atoms with Crippen LogP contribution in [0, 0.1) is 11.6 Å². The normalized spacial score (nSPS) is 10.6. The SMILES string of the molecule is Fc1cc(F)c(NCc2ccc(Br)s2)cc1Br. The van der Waals surface area contributed by atoms with Gasteiger partial charge in [-0.3, -0.25) is 0 Å². The minimum Gasteiger partial charge on any atom is -0.378 e. The average molecular weight is 383 g/mol. The van der Waals surface area contributed by atoms with Crippen molar-refractivity contribution in [2.24, 2.45) is 0 Å². The molecule has 17 heavy (non-hydrogen) atoms. The van der Waals surface area contributed by atoms with Crippen molar-refractivity contribution in [3.63, 3.8) is 0 Å². The van der Waals surface area contributed by atoms with E-state index in [9.17, 15) is 8.78 Å². The molecule has 0 aliphatic carbocycles. The van der Waals surface area contributed by atoms with E-state index >= 15 is 0 Å². The quantitative estimate of drug-likeness (QED) is 0.722. The van der Waals surface area contributed by atoms with Crippen molar-refractivity contribution >= 4 is 48.9 Å². The summed E-state index contributed by atoms with van der Waals surface area (Å²) in [6.07, 6.45) is 0. The summed E-state index contributed by atoms with van der Waals surface area (Å²) >= 11 is 7.94. The van der Waals surface area contributed by atoms with Gasteiger partial charge in [0.05, 0.1) is 13.9 Å². The molecule has 1 aromatic heterocycles. The lowest BCUT2D eigenvalue weighted by Gasteiger charge is -2.07. The summed E-state index contributed by atoms with van der Waals surface area (Å²) in [5.41, 5.74) is 0.280. The summed E-state index contributed by atoms with van der Waals surface area (Å²) in [4.78, 5) is 1.07. The number of rotatable bonds is 3. The Morgan fingerprint density at radius 2 is 1.88 bits per heavy atom. The number of nitrogens with one attached hydrogen (secondary N) is 1. The number of anilines is 1. The van der Waals surface area contributed by atoms with Crippen LogP contribution in [0.5, 0.6) is 0 Å². The second kappa shape index (κ2) is 5.46. The molecule has 0 spiro atoms. The predicted octanol–water partition coefficient (Wildman–Crippen LogP) is 5.16. The van der Waals surface area contributed by atoms with E-state index in [2.05, 4.69) is 37.2 Å². The minimum absolute atomic E-state index is 0.244. The Morgan fingerprint density at radius 1 is 1.12 bits per heavy atom. The molecule has 0 aliphatic heterocycles. The number of hydrogen-bond acceptors (Lipinski definition) is 2. The molecular formula is C11H7Br2F2NS. The molecule has 2 aromatic rings. The monoisotopic (exact) mass is 381 g/mol. The molecule has 0 aliphatic rings. The van der Waals surface area contributed by atoms with E-state index in [1.807, 2.05) is 12.1 Å². The Balaban J connectivity index is 2.11. The van der Waals surface area contributed by atoms with E-state index in [1.165, 1.54) is 6.07 Å². The molecule has 0 saturated heterocycles. The fourth-order valence-electron chi connectivity index (χ4n) is 1.29. The highest BCUT2D eigenvalue weighted by Crippen LogP contribution is 2.26. The van der Waals surface area contributed by atoms with Gasteiger partial charge < -0.3 is 5.32 Å². The predicted molar refractivity (Wildman–Crippen MR) is 73.4 cm³/mol. The van der Waals surface area contributed by atoms with Gasteiger partial charge in [-0.2, -0.15) is 0 Å². The Morgan fingerprint density at radius 3 is 2.53 bits per heavy atom. The van der Waals surface area contributed by atoms with Gasteiger partial charge in [-0.15, -0.1) is 11.3 Å². The average Bonchev–Trinajstić information content (AvgIpc) is 2.68. The molecule has 1 heterocycles. The van der Waals surface area contributed by atoms with Crippen molar-refractivity contribution in [2.45, 2.75) is 6.54 Å². The van der Waals surface area contributed by atoms with Gasteiger partial charge in [0.25, 0.3) is 0 Å². The zero-order valence-electron chi connectivity index (χ0n) is 8.44. The van der Waals surface area contributed by atoms with Gasteiger partial charge in [-0.05, 0) is 50.1 Å². The molecule has 0 fully saturated rings. The van der Waals surface area contributed by atoms with E-state index in [0.717, 1.165) is 14.7 Å². The Hall–Kier alpha value is -0.460. The Kier molecular flexibility index (Phi) is 4.17. The third-order valence-electron chi connectivity index (χ3n) is 2.09. The molecular weight excluding hydrogens is 376 g/mol. The van der Waals surface area contributed by atoms with Gasteiger partial charge in [-0.25, -0.2) is 8.78 Å². The van der Waals surface area contributed by atoms with Crippen LogP contribution in [0.15, 0.2) is 32.5 Å². The first-order chi connectivity index (χ1) is 8.06. The van der Waals surface area contributed by atoms with E-state index in [4.69, 9.17) is 0 Å². The topological polar surface area (TPSA) is 12.0 Å². The molecule has 1 nitrogen and oxygen atoms in total. The summed E-state index contributed by atoms with van der Waals surface area (Å²) < 4.78 is 27.7. The van der Waals surface area contributed by atoms with E-state index < -0.39 is 11.6 Å². The number of hydrogen-bond donors (Lipinski definition) is 1. The molecule has 0 bridgehead atoms. The second-order valence-corrected chi connectivity index (χ2v) is 6.71. The Bertz CT molecular complexity index is 542. The van der Waals surface area contributed by atoms with Crippen LogP contribution in [0.3, 0.4) is 0 Å². The molecule has 0 atom stereocenters. The van der Waals surface area contributed by atoms with Crippen LogP contribution in [-0.2, 0) is 6.54 Å². The second-order valence-electron chi connectivity index (χ2n) is 3.31. The van der Waals surface area contributed by atoms with Gasteiger partial charge in [0.15, 0.2) is 0 Å². The fraction of sp³-hybridized carbons (Fsp3) is 0.0909. The van der Waals surface area contributed by atoms with Crippen molar-refractivity contribution in [3.8, 4) is 0 Å². The van der Waals surface area contributed by atoms with Crippen LogP contribution in [0.1, 0.15) is 4.88 Å². The van der Waals surface area contributed by atoms with Crippen LogP contribution in [0.4, 0.5) is 14.5 Å². The van der Waals surface area contributed by atoms with Crippen LogP contribution in [0.25, 0.3) is 0 Å². The molecule has 0 saturated carbocycles. The van der Waals surface area contributed by atoms with Crippen molar-refractivity contribution in [1.82, 2.24) is 0 Å². The third-order valence-corrected chi connectivity index (χ3v) is 4.32. The standard InChI is InChI=1S/C11H7Br2F2NS/c12-7-3-10(9(15)4-8(7)14)16-5-6-1-2-11(13)17-6/h1-4,16H,5H2. The molecule has 0 unspecified atom stereocenters. The van der Waals surface area contributed by atoms with E-state index in [-0.39, 0.29) is 10.2 Å². The first-order valence-electron chi connectivity index (χ1n) is 4.69. The number of halogens is 4. The zero-order chi connectivity index (χ0) is 12.4. The molecule has 90 valence electrons. The van der Waals surface area contributed by atoms with Crippen LogP contribution in [0.2, 0.25) is 0 Å². The molecule has 6 heteroatoms. The highest BCUT2D eigenvalue weighted by molar-refractivity contribution is 9.11. The van der Waals surface area contributed by atoms with E-state index in [0.29, 0.717) is 6.54 Å². The summed E-state index contributed by atoms with van der Waals surface area (Å²) in [6, 6.07) is 6.13.